The van der Waals surface area contributed by atoms with Crippen LogP contribution in [-0.4, -0.2) is 63.3 Å². The van der Waals surface area contributed by atoms with Crippen molar-refractivity contribution >= 4 is 0 Å². The summed E-state index contributed by atoms with van der Waals surface area (Å²) in [6.07, 6.45) is 0. The van der Waals surface area contributed by atoms with E-state index in [1.165, 1.54) is 7.11 Å². The summed E-state index contributed by atoms with van der Waals surface area (Å²) in [6, 6.07) is 15.2. The first-order valence-corrected chi connectivity index (χ1v) is 9.78. The zero-order valence-corrected chi connectivity index (χ0v) is 16.7. The van der Waals surface area contributed by atoms with Crippen LogP contribution < -0.4 is 4.74 Å². The van der Waals surface area contributed by atoms with E-state index in [2.05, 4.69) is 32.2 Å². The topological polar surface area (TPSA) is 59.3 Å². The molecule has 8 heteroatoms. The van der Waals surface area contributed by atoms with Gasteiger partial charge in [-0.1, -0.05) is 24.3 Å². The van der Waals surface area contributed by atoms with Crippen molar-refractivity contribution in [2.45, 2.75) is 19.5 Å². The van der Waals surface area contributed by atoms with Crippen LogP contribution in [0.2, 0.25) is 0 Å². The van der Waals surface area contributed by atoms with Crippen LogP contribution in [0.15, 0.2) is 48.5 Å². The van der Waals surface area contributed by atoms with E-state index in [1.54, 1.807) is 16.8 Å². The molecule has 1 aliphatic rings. The average Bonchev–Trinajstić information content (AvgIpc) is 3.24. The van der Waals surface area contributed by atoms with Gasteiger partial charge in [0.15, 0.2) is 17.4 Å². The van der Waals surface area contributed by atoms with Crippen LogP contribution in [0.25, 0.3) is 5.69 Å². The van der Waals surface area contributed by atoms with Gasteiger partial charge in [-0.2, -0.15) is 4.68 Å². The maximum atomic E-state index is 13.9. The number of aromatic nitrogens is 4. The molecule has 0 N–H and O–H groups in total. The largest absolute Gasteiger partial charge is 0.494 e. The Morgan fingerprint density at radius 3 is 2.52 bits per heavy atom. The maximum absolute atomic E-state index is 13.9. The lowest BCUT2D eigenvalue weighted by Gasteiger charge is -2.37. The highest BCUT2D eigenvalue weighted by atomic mass is 19.1. The molecule has 4 rings (SSSR count). The fourth-order valence-corrected chi connectivity index (χ4v) is 3.75. The van der Waals surface area contributed by atoms with Crippen molar-refractivity contribution in [3.05, 3.63) is 65.7 Å². The van der Waals surface area contributed by atoms with Crippen LogP contribution in [0.5, 0.6) is 5.75 Å². The van der Waals surface area contributed by atoms with Gasteiger partial charge in [-0.15, -0.1) is 5.10 Å². The van der Waals surface area contributed by atoms with E-state index in [0.717, 1.165) is 49.8 Å². The third kappa shape index (κ3) is 4.28. The first-order valence-electron chi connectivity index (χ1n) is 9.78. The van der Waals surface area contributed by atoms with Gasteiger partial charge in [0, 0.05) is 32.7 Å². The highest BCUT2D eigenvalue weighted by Gasteiger charge is 2.26. The second-order valence-electron chi connectivity index (χ2n) is 7.24. The summed E-state index contributed by atoms with van der Waals surface area (Å²) in [5.74, 6) is 0.801. The van der Waals surface area contributed by atoms with E-state index < -0.39 is 0 Å². The van der Waals surface area contributed by atoms with Gasteiger partial charge >= 0.3 is 0 Å². The number of tetrazole rings is 1. The summed E-state index contributed by atoms with van der Waals surface area (Å²) < 4.78 is 20.7. The summed E-state index contributed by atoms with van der Waals surface area (Å²) in [5.41, 5.74) is 1.91. The van der Waals surface area contributed by atoms with Crippen molar-refractivity contribution in [3.63, 3.8) is 0 Å². The summed E-state index contributed by atoms with van der Waals surface area (Å²) in [6.45, 7) is 6.49. The molecule has 2 aromatic carbocycles. The molecule has 1 saturated heterocycles. The van der Waals surface area contributed by atoms with Crippen LogP contribution in [0.3, 0.4) is 0 Å². The Balaban J connectivity index is 1.38. The van der Waals surface area contributed by atoms with Gasteiger partial charge in [0.25, 0.3) is 0 Å². The Labute approximate surface area is 169 Å². The SMILES string of the molecule is COc1ccc(CN2CCN(C(C)c3nnnn3-c3ccccc3)CC2)cc1F. The molecule has 0 bridgehead atoms. The number of hydrogen-bond donors (Lipinski definition) is 0. The van der Waals surface area contributed by atoms with Gasteiger partial charge in [0.05, 0.1) is 18.8 Å². The van der Waals surface area contributed by atoms with Crippen molar-refractivity contribution in [1.29, 1.82) is 0 Å². The normalized spacial score (nSPS) is 16.7. The van der Waals surface area contributed by atoms with E-state index in [9.17, 15) is 4.39 Å². The molecule has 1 fully saturated rings. The van der Waals surface area contributed by atoms with Gasteiger partial charge in [-0.3, -0.25) is 9.80 Å². The lowest BCUT2D eigenvalue weighted by Crippen LogP contribution is -2.47. The Kier molecular flexibility index (Phi) is 5.82. The number of hydrogen-bond acceptors (Lipinski definition) is 6. The summed E-state index contributed by atoms with van der Waals surface area (Å²) in [4.78, 5) is 4.72. The molecule has 0 spiro atoms. The van der Waals surface area contributed by atoms with Crippen LogP contribution >= 0.6 is 0 Å². The number of halogens is 1. The van der Waals surface area contributed by atoms with Gasteiger partial charge in [0.2, 0.25) is 0 Å². The zero-order chi connectivity index (χ0) is 20.2. The van der Waals surface area contributed by atoms with Gasteiger partial charge in [-0.05, 0) is 47.2 Å². The fourth-order valence-electron chi connectivity index (χ4n) is 3.75. The number of piperazine rings is 1. The van der Waals surface area contributed by atoms with E-state index in [1.807, 2.05) is 36.4 Å². The fraction of sp³-hybridized carbons (Fsp3) is 0.381. The molecule has 7 nitrogen and oxygen atoms in total. The third-order valence-corrected chi connectivity index (χ3v) is 5.45. The van der Waals surface area contributed by atoms with E-state index in [-0.39, 0.29) is 17.6 Å². The molecule has 0 saturated carbocycles. The number of rotatable bonds is 6. The summed E-state index contributed by atoms with van der Waals surface area (Å²) in [7, 11) is 1.48. The molecule has 1 unspecified atom stereocenters. The van der Waals surface area contributed by atoms with E-state index in [4.69, 9.17) is 4.74 Å². The Morgan fingerprint density at radius 1 is 1.07 bits per heavy atom. The monoisotopic (exact) mass is 396 g/mol. The molecule has 1 aromatic heterocycles. The number of ether oxygens (including phenoxy) is 1. The van der Waals surface area contributed by atoms with Crippen LogP contribution in [0.4, 0.5) is 4.39 Å². The van der Waals surface area contributed by atoms with Gasteiger partial charge < -0.3 is 4.74 Å². The number of para-hydroxylation sites is 1. The highest BCUT2D eigenvalue weighted by molar-refractivity contribution is 5.31. The molecule has 0 radical (unpaired) electrons. The Morgan fingerprint density at radius 2 is 1.83 bits per heavy atom. The van der Waals surface area contributed by atoms with Gasteiger partial charge in [0.1, 0.15) is 0 Å². The van der Waals surface area contributed by atoms with Crippen molar-refractivity contribution in [3.8, 4) is 11.4 Å². The summed E-state index contributed by atoms with van der Waals surface area (Å²) >= 11 is 0. The second kappa shape index (κ2) is 8.67. The van der Waals surface area contributed by atoms with Crippen LogP contribution in [0, 0.1) is 5.82 Å². The molecule has 1 atom stereocenters. The lowest BCUT2D eigenvalue weighted by molar-refractivity contribution is 0.0938. The lowest BCUT2D eigenvalue weighted by atomic mass is 10.1. The first-order chi connectivity index (χ1) is 14.2. The zero-order valence-electron chi connectivity index (χ0n) is 16.7. The molecule has 29 heavy (non-hydrogen) atoms. The molecule has 0 amide bonds. The number of methoxy groups -OCH3 is 1. The smallest absolute Gasteiger partial charge is 0.173 e. The number of benzene rings is 2. The average molecular weight is 396 g/mol. The molecule has 152 valence electrons. The Hall–Kier alpha value is -2.84. The van der Waals surface area contributed by atoms with Gasteiger partial charge in [-0.25, -0.2) is 4.39 Å². The predicted octanol–water partition coefficient (Wildman–Crippen LogP) is 2.69. The Bertz CT molecular complexity index is 939. The molecule has 0 aliphatic carbocycles. The third-order valence-electron chi connectivity index (χ3n) is 5.45. The van der Waals surface area contributed by atoms with Crippen molar-refractivity contribution < 1.29 is 9.13 Å². The minimum Gasteiger partial charge on any atom is -0.494 e. The van der Waals surface area contributed by atoms with Crippen molar-refractivity contribution in [2.24, 2.45) is 0 Å². The molecule has 2 heterocycles. The highest BCUT2D eigenvalue weighted by Crippen LogP contribution is 2.23. The van der Waals surface area contributed by atoms with Crippen molar-refractivity contribution in [2.75, 3.05) is 33.3 Å². The standard InChI is InChI=1S/C21H25FN6O/c1-16(21-23-24-25-28(21)18-6-4-3-5-7-18)27-12-10-26(11-13-27)15-17-8-9-20(29-2)19(22)14-17/h3-9,14,16H,10-13,15H2,1-2H3. The molecular formula is C21H25FN6O. The predicted molar refractivity (Wildman–Crippen MR) is 107 cm³/mol. The molecule has 3 aromatic rings. The first kappa shape index (κ1) is 19.5. The molecule has 1 aliphatic heterocycles. The minimum atomic E-state index is -0.315. The quantitative estimate of drug-likeness (QED) is 0.639. The number of nitrogens with zero attached hydrogens (tertiary/aromatic N) is 6. The van der Waals surface area contributed by atoms with Crippen molar-refractivity contribution in [1.82, 2.24) is 30.0 Å². The van der Waals surface area contributed by atoms with Crippen LogP contribution in [-0.2, 0) is 6.54 Å². The van der Waals surface area contributed by atoms with E-state index >= 15 is 0 Å². The van der Waals surface area contributed by atoms with Crippen LogP contribution in [0.1, 0.15) is 24.4 Å². The van der Waals surface area contributed by atoms with E-state index in [0.29, 0.717) is 0 Å². The second-order valence-corrected chi connectivity index (χ2v) is 7.24. The summed E-state index contributed by atoms with van der Waals surface area (Å²) in [5, 5.41) is 12.3. The maximum Gasteiger partial charge on any atom is 0.173 e. The molecular weight excluding hydrogens is 371 g/mol. The minimum absolute atomic E-state index is 0.103.